The number of piperidine rings is 1. The van der Waals surface area contributed by atoms with E-state index in [1.54, 1.807) is 7.11 Å². The van der Waals surface area contributed by atoms with Crippen molar-refractivity contribution in [3.63, 3.8) is 0 Å². The third-order valence-electron chi connectivity index (χ3n) is 5.73. The van der Waals surface area contributed by atoms with Crippen molar-refractivity contribution < 1.29 is 9.53 Å². The molecule has 1 aliphatic carbocycles. The first kappa shape index (κ1) is 16.5. The molecule has 5 heteroatoms. The van der Waals surface area contributed by atoms with Crippen LogP contribution in [-0.4, -0.2) is 40.6 Å². The van der Waals surface area contributed by atoms with Crippen molar-refractivity contribution in [2.24, 2.45) is 13.0 Å². The largest absolute Gasteiger partial charge is 0.370 e. The quantitative estimate of drug-likeness (QED) is 0.857. The van der Waals surface area contributed by atoms with Crippen molar-refractivity contribution in [2.75, 3.05) is 20.2 Å². The molecule has 3 rings (SSSR count). The summed E-state index contributed by atoms with van der Waals surface area (Å²) in [4.78, 5) is 19.1. The lowest BCUT2D eigenvalue weighted by molar-refractivity contribution is -0.139. The third-order valence-corrected chi connectivity index (χ3v) is 5.73. The molecule has 0 radical (unpaired) electrons. The lowest BCUT2D eigenvalue weighted by atomic mass is 9.85. The molecule has 1 aromatic heterocycles. The molecule has 1 aromatic rings. The van der Waals surface area contributed by atoms with Gasteiger partial charge in [-0.2, -0.15) is 0 Å². The second kappa shape index (κ2) is 7.04. The molecule has 2 heterocycles. The zero-order valence-electron chi connectivity index (χ0n) is 14.5. The third kappa shape index (κ3) is 3.44. The molecule has 0 unspecified atom stereocenters. The standard InChI is InChI=1S/C18H29N3O2/c1-20-13-10-19-17(20)18(23-2)8-11-21(12-9-18)16(22)14-15-6-4-3-5-7-15/h10,13,15H,3-9,11-12,14H2,1-2H3. The fraction of sp³-hybridized carbons (Fsp3) is 0.778. The minimum atomic E-state index is -0.347. The summed E-state index contributed by atoms with van der Waals surface area (Å²) in [6, 6.07) is 0. The SMILES string of the molecule is COC1(c2nccn2C)CCN(C(=O)CC2CCCCC2)CC1. The number of ether oxygens (including phenoxy) is 1. The summed E-state index contributed by atoms with van der Waals surface area (Å²) in [5.74, 6) is 1.92. The second-order valence-corrected chi connectivity index (χ2v) is 7.15. The number of aryl methyl sites for hydroxylation is 1. The highest BCUT2D eigenvalue weighted by Gasteiger charge is 2.40. The highest BCUT2D eigenvalue weighted by atomic mass is 16.5. The van der Waals surface area contributed by atoms with Crippen LogP contribution >= 0.6 is 0 Å². The van der Waals surface area contributed by atoms with Gasteiger partial charge in [0.15, 0.2) is 0 Å². The van der Waals surface area contributed by atoms with Crippen LogP contribution in [0.5, 0.6) is 0 Å². The van der Waals surface area contributed by atoms with Crippen molar-refractivity contribution in [1.82, 2.24) is 14.5 Å². The van der Waals surface area contributed by atoms with Crippen molar-refractivity contribution in [2.45, 2.75) is 57.0 Å². The number of likely N-dealkylation sites (tertiary alicyclic amines) is 1. The molecule has 2 fully saturated rings. The molecule has 0 N–H and O–H groups in total. The van der Waals surface area contributed by atoms with Crippen LogP contribution in [0.2, 0.25) is 0 Å². The summed E-state index contributed by atoms with van der Waals surface area (Å²) < 4.78 is 7.89. The highest BCUT2D eigenvalue weighted by Crippen LogP contribution is 2.35. The number of methoxy groups -OCH3 is 1. The number of carbonyl (C=O) groups is 1. The van der Waals surface area contributed by atoms with E-state index in [1.807, 2.05) is 28.9 Å². The van der Waals surface area contributed by atoms with E-state index in [4.69, 9.17) is 4.74 Å². The molecule has 1 amide bonds. The van der Waals surface area contributed by atoms with Crippen molar-refractivity contribution in [3.05, 3.63) is 18.2 Å². The van der Waals surface area contributed by atoms with E-state index in [0.717, 1.165) is 38.2 Å². The fourth-order valence-corrected chi connectivity index (χ4v) is 4.21. The number of amides is 1. The topological polar surface area (TPSA) is 47.4 Å². The zero-order valence-corrected chi connectivity index (χ0v) is 14.5. The minimum absolute atomic E-state index is 0.335. The van der Waals surface area contributed by atoms with Gasteiger partial charge in [0.05, 0.1) is 0 Å². The molecule has 1 saturated carbocycles. The lowest BCUT2D eigenvalue weighted by Gasteiger charge is -2.40. The van der Waals surface area contributed by atoms with Crippen molar-refractivity contribution in [1.29, 1.82) is 0 Å². The van der Waals surface area contributed by atoms with Gasteiger partial charge in [0.1, 0.15) is 11.4 Å². The first-order chi connectivity index (χ1) is 11.1. The fourth-order valence-electron chi connectivity index (χ4n) is 4.21. The molecule has 5 nitrogen and oxygen atoms in total. The number of carbonyl (C=O) groups excluding carboxylic acids is 1. The molecular weight excluding hydrogens is 290 g/mol. The van der Waals surface area contributed by atoms with E-state index >= 15 is 0 Å². The van der Waals surface area contributed by atoms with Crippen LogP contribution in [0.3, 0.4) is 0 Å². The first-order valence-electron chi connectivity index (χ1n) is 8.95. The van der Waals surface area contributed by atoms with Gasteiger partial charge in [0, 0.05) is 58.9 Å². The Bertz CT molecular complexity index is 526. The van der Waals surface area contributed by atoms with Crippen molar-refractivity contribution in [3.8, 4) is 0 Å². The number of imidazole rings is 1. The number of aromatic nitrogens is 2. The lowest BCUT2D eigenvalue weighted by Crippen LogP contribution is -2.47. The Balaban J connectivity index is 1.58. The molecule has 0 aromatic carbocycles. The van der Waals surface area contributed by atoms with Gasteiger partial charge in [-0.05, 0) is 18.8 Å². The van der Waals surface area contributed by atoms with Gasteiger partial charge in [0.2, 0.25) is 5.91 Å². The maximum Gasteiger partial charge on any atom is 0.222 e. The summed E-state index contributed by atoms with van der Waals surface area (Å²) in [6.07, 6.45) is 12.6. The van der Waals surface area contributed by atoms with E-state index in [9.17, 15) is 4.79 Å². The number of rotatable bonds is 4. The summed E-state index contributed by atoms with van der Waals surface area (Å²) in [6.45, 7) is 1.54. The molecule has 1 saturated heterocycles. The number of hydrogen-bond donors (Lipinski definition) is 0. The minimum Gasteiger partial charge on any atom is -0.370 e. The van der Waals surface area contributed by atoms with Crippen LogP contribution in [0.15, 0.2) is 12.4 Å². The van der Waals surface area contributed by atoms with Gasteiger partial charge >= 0.3 is 0 Å². The maximum absolute atomic E-state index is 12.6. The molecule has 1 aliphatic heterocycles. The normalized spacial score (nSPS) is 22.3. The molecule has 128 valence electrons. The Morgan fingerprint density at radius 1 is 1.30 bits per heavy atom. The molecule has 0 spiro atoms. The van der Waals surface area contributed by atoms with Crippen LogP contribution in [0, 0.1) is 5.92 Å². The molecule has 0 atom stereocenters. The first-order valence-corrected chi connectivity index (χ1v) is 8.95. The number of hydrogen-bond acceptors (Lipinski definition) is 3. The van der Waals surface area contributed by atoms with Crippen LogP contribution in [0.1, 0.15) is 57.2 Å². The smallest absolute Gasteiger partial charge is 0.222 e. The van der Waals surface area contributed by atoms with Gasteiger partial charge in [-0.1, -0.05) is 19.3 Å². The zero-order chi connectivity index (χ0) is 16.3. The summed E-state index contributed by atoms with van der Waals surface area (Å²) in [5.41, 5.74) is -0.347. The van der Waals surface area contributed by atoms with E-state index in [-0.39, 0.29) is 5.60 Å². The maximum atomic E-state index is 12.6. The molecular formula is C18H29N3O2. The van der Waals surface area contributed by atoms with E-state index in [2.05, 4.69) is 4.98 Å². The van der Waals surface area contributed by atoms with E-state index < -0.39 is 0 Å². The Labute approximate surface area is 139 Å². The predicted octanol–water partition coefficient (Wildman–Crippen LogP) is 2.85. The monoisotopic (exact) mass is 319 g/mol. The van der Waals surface area contributed by atoms with Crippen LogP contribution in [0.25, 0.3) is 0 Å². The average Bonchev–Trinajstić information content (AvgIpc) is 3.02. The number of nitrogens with zero attached hydrogens (tertiary/aromatic N) is 3. The van der Waals surface area contributed by atoms with Crippen LogP contribution in [-0.2, 0) is 22.2 Å². The Morgan fingerprint density at radius 3 is 2.57 bits per heavy atom. The van der Waals surface area contributed by atoms with Gasteiger partial charge < -0.3 is 14.2 Å². The van der Waals surface area contributed by atoms with Gasteiger partial charge in [-0.25, -0.2) is 4.98 Å². The molecule has 0 bridgehead atoms. The summed E-state index contributed by atoms with van der Waals surface area (Å²) in [7, 11) is 3.76. The molecule has 2 aliphatic rings. The van der Waals surface area contributed by atoms with Gasteiger partial charge in [-0.3, -0.25) is 4.79 Å². The van der Waals surface area contributed by atoms with Gasteiger partial charge in [-0.15, -0.1) is 0 Å². The Morgan fingerprint density at radius 2 is 2.00 bits per heavy atom. The Hall–Kier alpha value is -1.36. The summed E-state index contributed by atoms with van der Waals surface area (Å²) >= 11 is 0. The van der Waals surface area contributed by atoms with Crippen LogP contribution < -0.4 is 0 Å². The van der Waals surface area contributed by atoms with Gasteiger partial charge in [0.25, 0.3) is 0 Å². The predicted molar refractivity (Wildman–Crippen MR) is 88.9 cm³/mol. The summed E-state index contributed by atoms with van der Waals surface area (Å²) in [5, 5.41) is 0. The van der Waals surface area contributed by atoms with E-state index in [0.29, 0.717) is 11.8 Å². The average molecular weight is 319 g/mol. The second-order valence-electron chi connectivity index (χ2n) is 7.15. The highest BCUT2D eigenvalue weighted by molar-refractivity contribution is 5.76. The van der Waals surface area contributed by atoms with Crippen molar-refractivity contribution >= 4 is 5.91 Å². The van der Waals surface area contributed by atoms with Crippen LogP contribution in [0.4, 0.5) is 0 Å². The van der Waals surface area contributed by atoms with E-state index in [1.165, 1.54) is 32.1 Å². The molecule has 23 heavy (non-hydrogen) atoms. The Kier molecular flexibility index (Phi) is 5.05.